The van der Waals surface area contributed by atoms with E-state index in [0.717, 1.165) is 27.9 Å². The van der Waals surface area contributed by atoms with Gasteiger partial charge in [-0.05, 0) is 41.8 Å². The average molecular weight is 684 g/mol. The van der Waals surface area contributed by atoms with Crippen LogP contribution in [0.1, 0.15) is 39.1 Å². The Labute approximate surface area is 283 Å². The number of nitrogens with zero attached hydrogens (tertiary/aromatic N) is 6. The number of nitro benzene ring substituents is 1. The number of hydrogen-bond acceptors (Lipinski definition) is 11. The van der Waals surface area contributed by atoms with Gasteiger partial charge in [-0.2, -0.15) is 5.10 Å². The van der Waals surface area contributed by atoms with E-state index in [4.69, 9.17) is 14.6 Å². The van der Waals surface area contributed by atoms with Crippen LogP contribution in [0.3, 0.4) is 0 Å². The second-order valence-electron chi connectivity index (χ2n) is 10.4. The summed E-state index contributed by atoms with van der Waals surface area (Å²) in [5, 5.41) is 31.4. The Morgan fingerprint density at radius 2 is 1.79 bits per heavy atom. The quantitative estimate of drug-likeness (QED) is 0.0998. The van der Waals surface area contributed by atoms with Crippen molar-refractivity contribution in [2.75, 3.05) is 20.0 Å². The fourth-order valence-electron chi connectivity index (χ4n) is 5.28. The molecule has 0 saturated carbocycles. The summed E-state index contributed by atoms with van der Waals surface area (Å²) in [5.41, 5.74) is 2.47. The molecule has 1 aliphatic rings. The maximum Gasteiger partial charge on any atom is 0.269 e. The highest BCUT2D eigenvalue weighted by Gasteiger charge is 2.36. The molecule has 13 nitrogen and oxygen atoms in total. The average Bonchev–Trinajstić information content (AvgIpc) is 3.90. The van der Waals surface area contributed by atoms with Gasteiger partial charge in [-0.3, -0.25) is 24.3 Å². The zero-order chi connectivity index (χ0) is 33.6. The van der Waals surface area contributed by atoms with E-state index in [1.807, 2.05) is 35.7 Å². The summed E-state index contributed by atoms with van der Waals surface area (Å²) in [6.45, 7) is 0.0184. The largest absolute Gasteiger partial charge is 0.493 e. The van der Waals surface area contributed by atoms with Crippen LogP contribution in [0, 0.1) is 10.1 Å². The van der Waals surface area contributed by atoms with Crippen molar-refractivity contribution in [2.24, 2.45) is 5.10 Å². The van der Waals surface area contributed by atoms with Crippen molar-refractivity contribution >= 4 is 46.3 Å². The van der Waals surface area contributed by atoms with Crippen LogP contribution in [0.5, 0.6) is 11.5 Å². The molecular weight excluding hydrogens is 655 g/mol. The Hall–Kier alpha value is -5.54. The van der Waals surface area contributed by atoms with E-state index in [0.29, 0.717) is 40.2 Å². The van der Waals surface area contributed by atoms with Gasteiger partial charge in [0.2, 0.25) is 0 Å². The number of rotatable bonds is 12. The molecule has 0 unspecified atom stereocenters. The molecule has 0 bridgehead atoms. The van der Waals surface area contributed by atoms with Crippen molar-refractivity contribution < 1.29 is 24.0 Å². The van der Waals surface area contributed by atoms with E-state index in [1.165, 1.54) is 17.1 Å². The number of aromatic nitrogens is 3. The van der Waals surface area contributed by atoms with Gasteiger partial charge in [0.05, 0.1) is 48.1 Å². The first-order valence-electron chi connectivity index (χ1n) is 14.7. The molecule has 48 heavy (non-hydrogen) atoms. The Morgan fingerprint density at radius 1 is 1.00 bits per heavy atom. The van der Waals surface area contributed by atoms with Crippen LogP contribution in [0.4, 0.5) is 5.69 Å². The number of benzene rings is 3. The first-order chi connectivity index (χ1) is 23.4. The lowest BCUT2D eigenvalue weighted by molar-refractivity contribution is -0.384. The highest BCUT2D eigenvalue weighted by Crippen LogP contribution is 2.42. The standard InChI is InChI=1S/C33H29N7O6S2/c1-45-27-11-6-10-24(31(27)46-2)26-18-25(28-12-7-17-47-28)37-39(26)30(41)20-48-33-36-35-29(19-34-32(42)21-8-4-3-5-9-21)38(33)22-13-15-23(16-14-22)40(43)44/h3-17,26H,18-20H2,1-2H3,(H,34,42)/t26-/m1/s1. The summed E-state index contributed by atoms with van der Waals surface area (Å²) < 4.78 is 12.9. The van der Waals surface area contributed by atoms with Gasteiger partial charge in [-0.15, -0.1) is 21.5 Å². The van der Waals surface area contributed by atoms with Crippen LogP contribution in [0.25, 0.3) is 5.69 Å². The van der Waals surface area contributed by atoms with Crippen molar-refractivity contribution in [3.05, 3.63) is 122 Å². The minimum Gasteiger partial charge on any atom is -0.493 e. The molecule has 1 aliphatic heterocycles. The molecule has 0 spiro atoms. The first kappa shape index (κ1) is 32.4. The number of para-hydroxylation sites is 1. The van der Waals surface area contributed by atoms with Crippen LogP contribution in [0.2, 0.25) is 0 Å². The summed E-state index contributed by atoms with van der Waals surface area (Å²) >= 11 is 2.69. The van der Waals surface area contributed by atoms with Gasteiger partial charge in [0.1, 0.15) is 0 Å². The Morgan fingerprint density at radius 3 is 2.48 bits per heavy atom. The molecule has 15 heteroatoms. The molecule has 244 valence electrons. The van der Waals surface area contributed by atoms with E-state index in [9.17, 15) is 19.7 Å². The highest BCUT2D eigenvalue weighted by atomic mass is 32.2. The number of hydrazone groups is 1. The zero-order valence-corrected chi connectivity index (χ0v) is 27.4. The minimum atomic E-state index is -0.486. The van der Waals surface area contributed by atoms with Gasteiger partial charge in [0.25, 0.3) is 17.5 Å². The van der Waals surface area contributed by atoms with Gasteiger partial charge in [-0.1, -0.05) is 48.2 Å². The maximum absolute atomic E-state index is 14.0. The van der Waals surface area contributed by atoms with E-state index < -0.39 is 11.0 Å². The lowest BCUT2D eigenvalue weighted by Gasteiger charge is -2.24. The molecule has 2 aromatic heterocycles. The van der Waals surface area contributed by atoms with E-state index >= 15 is 0 Å². The van der Waals surface area contributed by atoms with Crippen molar-refractivity contribution in [3.8, 4) is 17.2 Å². The monoisotopic (exact) mass is 683 g/mol. The number of carbonyl (C=O) groups excluding carboxylic acids is 2. The molecule has 1 atom stereocenters. The first-order valence-corrected chi connectivity index (χ1v) is 16.5. The molecule has 0 fully saturated rings. The van der Waals surface area contributed by atoms with Crippen LogP contribution in [-0.4, -0.2) is 62.2 Å². The predicted octanol–water partition coefficient (Wildman–Crippen LogP) is 5.65. The molecule has 0 radical (unpaired) electrons. The van der Waals surface area contributed by atoms with Crippen molar-refractivity contribution in [1.29, 1.82) is 0 Å². The molecule has 0 aliphatic carbocycles. The third-order valence-corrected chi connectivity index (χ3v) is 9.38. The van der Waals surface area contributed by atoms with E-state index in [1.54, 1.807) is 72.6 Å². The van der Waals surface area contributed by atoms with Gasteiger partial charge in [0, 0.05) is 35.4 Å². The number of thiophene rings is 1. The molecule has 3 aromatic carbocycles. The number of hydrogen-bond donors (Lipinski definition) is 1. The van der Waals surface area contributed by atoms with Crippen LogP contribution < -0.4 is 14.8 Å². The van der Waals surface area contributed by atoms with Crippen LogP contribution >= 0.6 is 23.1 Å². The molecule has 3 heterocycles. The van der Waals surface area contributed by atoms with E-state index in [-0.39, 0.29) is 29.8 Å². The second-order valence-corrected chi connectivity index (χ2v) is 12.3. The summed E-state index contributed by atoms with van der Waals surface area (Å²) in [6.07, 6.45) is 0.477. The number of nitrogens with one attached hydrogen (secondary N) is 1. The Kier molecular flexibility index (Phi) is 9.78. The van der Waals surface area contributed by atoms with Gasteiger partial charge in [-0.25, -0.2) is 5.01 Å². The third kappa shape index (κ3) is 6.77. The normalized spacial score (nSPS) is 14.0. The number of thioether (sulfide) groups is 1. The highest BCUT2D eigenvalue weighted by molar-refractivity contribution is 7.99. The minimum absolute atomic E-state index is 0.0184. The number of methoxy groups -OCH3 is 2. The third-order valence-electron chi connectivity index (χ3n) is 7.55. The molecule has 5 aromatic rings. The van der Waals surface area contributed by atoms with Crippen molar-refractivity contribution in [1.82, 2.24) is 25.1 Å². The van der Waals surface area contributed by atoms with Crippen LogP contribution in [-0.2, 0) is 11.3 Å². The number of ether oxygens (including phenoxy) is 2. The Bertz CT molecular complexity index is 1960. The lowest BCUT2D eigenvalue weighted by Crippen LogP contribution is -2.29. The molecule has 2 amide bonds. The fourth-order valence-corrected chi connectivity index (χ4v) is 6.83. The topological polar surface area (TPSA) is 154 Å². The summed E-state index contributed by atoms with van der Waals surface area (Å²) in [4.78, 5) is 38.5. The summed E-state index contributed by atoms with van der Waals surface area (Å²) in [7, 11) is 3.12. The van der Waals surface area contributed by atoms with E-state index in [2.05, 4.69) is 15.5 Å². The zero-order valence-electron chi connectivity index (χ0n) is 25.8. The molecule has 1 N–H and O–H groups in total. The predicted molar refractivity (Wildman–Crippen MR) is 181 cm³/mol. The summed E-state index contributed by atoms with van der Waals surface area (Å²) in [6, 6.07) is 23.6. The second kappa shape index (κ2) is 14.5. The van der Waals surface area contributed by atoms with Crippen LogP contribution in [0.15, 0.2) is 101 Å². The summed E-state index contributed by atoms with van der Waals surface area (Å²) in [5.74, 6) is 0.819. The maximum atomic E-state index is 14.0. The number of nitro groups is 1. The Balaban J connectivity index is 1.28. The fraction of sp³-hybridized carbons (Fsp3) is 0.182. The lowest BCUT2D eigenvalue weighted by atomic mass is 9.99. The SMILES string of the molecule is COc1cccc([C@H]2CC(c3cccs3)=NN2C(=O)CSc2nnc(CNC(=O)c3ccccc3)n2-c2ccc([N+](=O)[O-])cc2)c1OC. The number of amides is 2. The van der Waals surface area contributed by atoms with Gasteiger partial charge < -0.3 is 14.8 Å². The van der Waals surface area contributed by atoms with Gasteiger partial charge in [0.15, 0.2) is 22.5 Å². The van der Waals surface area contributed by atoms with Gasteiger partial charge >= 0.3 is 0 Å². The van der Waals surface area contributed by atoms with Crippen molar-refractivity contribution in [3.63, 3.8) is 0 Å². The molecule has 0 saturated heterocycles. The molecule has 6 rings (SSSR count). The smallest absolute Gasteiger partial charge is 0.269 e. The number of non-ortho nitro benzene ring substituents is 1. The molecular formula is C33H29N7O6S2. The number of carbonyl (C=O) groups is 2. The van der Waals surface area contributed by atoms with Crippen molar-refractivity contribution in [2.45, 2.75) is 24.2 Å².